The molecule has 0 fully saturated rings. The maximum atomic E-state index is 8.38. The molecule has 0 aliphatic heterocycles. The van der Waals surface area contributed by atoms with Crippen molar-refractivity contribution in [3.8, 4) is 11.8 Å². The molecule has 0 amide bonds. The molecule has 1 aromatic carbocycles. The summed E-state index contributed by atoms with van der Waals surface area (Å²) in [7, 11) is 0. The average molecular weight is 197 g/mol. The summed E-state index contributed by atoms with van der Waals surface area (Å²) >= 11 is 5.67. The highest BCUT2D eigenvalue weighted by Gasteiger charge is 2.00. The van der Waals surface area contributed by atoms with Crippen molar-refractivity contribution < 1.29 is 4.74 Å². The summed E-state index contributed by atoms with van der Waals surface area (Å²) in [5.74, 6) is 0.662. The minimum atomic E-state index is -0.587. The second-order valence-electron chi connectivity index (χ2n) is 2.50. The second kappa shape index (κ2) is 4.70. The molecule has 0 aliphatic rings. The van der Waals surface area contributed by atoms with Gasteiger partial charge in [0.2, 0.25) is 0 Å². The van der Waals surface area contributed by atoms with Crippen LogP contribution in [-0.2, 0) is 0 Å². The molecule has 2 N–H and O–H groups in total. The molecule has 0 spiro atoms. The quantitative estimate of drug-likeness (QED) is 0.799. The molecule has 1 aromatic rings. The van der Waals surface area contributed by atoms with Crippen LogP contribution in [0.25, 0.3) is 0 Å². The van der Waals surface area contributed by atoms with E-state index in [-0.39, 0.29) is 6.61 Å². The van der Waals surface area contributed by atoms with Gasteiger partial charge in [0.25, 0.3) is 0 Å². The fraction of sp³-hybridized carbons (Fsp3) is 0.222. The molecule has 3 nitrogen and oxygen atoms in total. The molecule has 13 heavy (non-hydrogen) atoms. The molecule has 68 valence electrons. The molecule has 0 radical (unpaired) electrons. The summed E-state index contributed by atoms with van der Waals surface area (Å²) in [4.78, 5) is 0. The Morgan fingerprint density at radius 2 is 2.08 bits per heavy atom. The van der Waals surface area contributed by atoms with Crippen LogP contribution < -0.4 is 10.5 Å². The van der Waals surface area contributed by atoms with E-state index in [9.17, 15) is 0 Å². The average Bonchev–Trinajstić information content (AvgIpc) is 2.16. The number of nitriles is 1. The third-order valence-electron chi connectivity index (χ3n) is 1.41. The Bertz CT molecular complexity index is 304. The first-order valence-corrected chi connectivity index (χ1v) is 4.13. The van der Waals surface area contributed by atoms with E-state index in [1.54, 1.807) is 24.3 Å². The molecular formula is C9H9ClN2O. The van der Waals surface area contributed by atoms with E-state index in [0.29, 0.717) is 10.8 Å². The number of hydrogen-bond donors (Lipinski definition) is 1. The first-order chi connectivity index (χ1) is 6.22. The van der Waals surface area contributed by atoms with Crippen LogP contribution in [0.3, 0.4) is 0 Å². The summed E-state index contributed by atoms with van der Waals surface area (Å²) in [6, 6.07) is 8.18. The molecule has 1 rings (SSSR count). The van der Waals surface area contributed by atoms with E-state index in [1.807, 2.05) is 6.07 Å². The van der Waals surface area contributed by atoms with E-state index in [4.69, 9.17) is 27.3 Å². The summed E-state index contributed by atoms with van der Waals surface area (Å²) in [5.41, 5.74) is 5.34. The van der Waals surface area contributed by atoms with Gasteiger partial charge in [-0.05, 0) is 24.3 Å². The van der Waals surface area contributed by atoms with Crippen molar-refractivity contribution in [2.24, 2.45) is 5.73 Å². The summed E-state index contributed by atoms with van der Waals surface area (Å²) < 4.78 is 5.21. The van der Waals surface area contributed by atoms with Gasteiger partial charge in [-0.1, -0.05) is 11.6 Å². The number of nitrogens with two attached hydrogens (primary N) is 1. The zero-order chi connectivity index (χ0) is 9.68. The van der Waals surface area contributed by atoms with Gasteiger partial charge in [0, 0.05) is 5.02 Å². The molecule has 0 saturated heterocycles. The fourth-order valence-corrected chi connectivity index (χ4v) is 0.880. The van der Waals surface area contributed by atoms with Gasteiger partial charge in [-0.15, -0.1) is 0 Å². The molecule has 1 atom stereocenters. The van der Waals surface area contributed by atoms with Crippen LogP contribution in [0, 0.1) is 11.3 Å². The lowest BCUT2D eigenvalue weighted by molar-refractivity contribution is 0.309. The third-order valence-corrected chi connectivity index (χ3v) is 1.66. The highest BCUT2D eigenvalue weighted by molar-refractivity contribution is 6.30. The van der Waals surface area contributed by atoms with Gasteiger partial charge in [-0.25, -0.2) is 0 Å². The summed E-state index contributed by atoms with van der Waals surface area (Å²) in [6.45, 7) is 0.193. The van der Waals surface area contributed by atoms with Crippen molar-refractivity contribution in [2.45, 2.75) is 6.04 Å². The zero-order valence-electron chi connectivity index (χ0n) is 6.90. The van der Waals surface area contributed by atoms with Gasteiger partial charge in [0.15, 0.2) is 0 Å². The van der Waals surface area contributed by atoms with Crippen LogP contribution >= 0.6 is 11.6 Å². The van der Waals surface area contributed by atoms with Crippen LogP contribution in [0.2, 0.25) is 5.02 Å². The smallest absolute Gasteiger partial charge is 0.127 e. The van der Waals surface area contributed by atoms with Gasteiger partial charge in [-0.2, -0.15) is 5.26 Å². The van der Waals surface area contributed by atoms with E-state index in [0.717, 1.165) is 0 Å². The number of nitrogens with zero attached hydrogens (tertiary/aromatic N) is 1. The lowest BCUT2D eigenvalue weighted by Gasteiger charge is -2.06. The van der Waals surface area contributed by atoms with Gasteiger partial charge in [0.1, 0.15) is 18.4 Å². The van der Waals surface area contributed by atoms with Crippen LogP contribution in [-0.4, -0.2) is 12.6 Å². The Balaban J connectivity index is 2.47. The van der Waals surface area contributed by atoms with Crippen molar-refractivity contribution in [3.05, 3.63) is 29.3 Å². The Morgan fingerprint density at radius 3 is 2.62 bits per heavy atom. The van der Waals surface area contributed by atoms with Crippen molar-refractivity contribution >= 4 is 11.6 Å². The highest BCUT2D eigenvalue weighted by Crippen LogP contribution is 2.15. The van der Waals surface area contributed by atoms with Gasteiger partial charge < -0.3 is 10.5 Å². The predicted molar refractivity (Wildman–Crippen MR) is 50.5 cm³/mol. The lowest BCUT2D eigenvalue weighted by Crippen LogP contribution is -2.25. The monoisotopic (exact) mass is 196 g/mol. The molecule has 0 aliphatic carbocycles. The number of halogens is 1. The Morgan fingerprint density at radius 1 is 1.46 bits per heavy atom. The van der Waals surface area contributed by atoms with Crippen LogP contribution in [0.4, 0.5) is 0 Å². The van der Waals surface area contributed by atoms with Crippen LogP contribution in [0.15, 0.2) is 24.3 Å². The highest BCUT2D eigenvalue weighted by atomic mass is 35.5. The van der Waals surface area contributed by atoms with Crippen molar-refractivity contribution in [1.29, 1.82) is 5.26 Å². The topological polar surface area (TPSA) is 59.0 Å². The van der Waals surface area contributed by atoms with Gasteiger partial charge in [0.05, 0.1) is 6.07 Å². The van der Waals surface area contributed by atoms with Crippen molar-refractivity contribution in [1.82, 2.24) is 0 Å². The molecular weight excluding hydrogens is 188 g/mol. The fourth-order valence-electron chi connectivity index (χ4n) is 0.754. The molecule has 4 heteroatoms. The first-order valence-electron chi connectivity index (χ1n) is 3.76. The van der Waals surface area contributed by atoms with Crippen molar-refractivity contribution in [3.63, 3.8) is 0 Å². The maximum absolute atomic E-state index is 8.38. The SMILES string of the molecule is N#CC(N)COc1ccc(Cl)cc1. The largest absolute Gasteiger partial charge is 0.491 e. The number of benzene rings is 1. The number of ether oxygens (including phenoxy) is 1. The molecule has 0 heterocycles. The summed E-state index contributed by atoms with van der Waals surface area (Å²) in [5, 5.41) is 9.03. The van der Waals surface area contributed by atoms with Gasteiger partial charge in [-0.3, -0.25) is 0 Å². The Kier molecular flexibility index (Phi) is 3.56. The van der Waals surface area contributed by atoms with Crippen LogP contribution in [0.5, 0.6) is 5.75 Å². The predicted octanol–water partition coefficient (Wildman–Crippen LogP) is 1.57. The minimum absolute atomic E-state index is 0.193. The standard InChI is InChI=1S/C9H9ClN2O/c10-7-1-3-9(4-2-7)13-6-8(12)5-11/h1-4,8H,6,12H2. The van der Waals surface area contributed by atoms with Crippen molar-refractivity contribution in [2.75, 3.05) is 6.61 Å². The molecule has 0 bridgehead atoms. The van der Waals surface area contributed by atoms with E-state index < -0.39 is 6.04 Å². The second-order valence-corrected chi connectivity index (χ2v) is 2.94. The minimum Gasteiger partial charge on any atom is -0.491 e. The van der Waals surface area contributed by atoms with Gasteiger partial charge >= 0.3 is 0 Å². The lowest BCUT2D eigenvalue weighted by atomic mass is 10.3. The number of rotatable bonds is 3. The summed E-state index contributed by atoms with van der Waals surface area (Å²) in [6.07, 6.45) is 0. The third kappa shape index (κ3) is 3.32. The molecule has 1 unspecified atom stereocenters. The molecule has 0 aromatic heterocycles. The first kappa shape index (κ1) is 9.85. The van der Waals surface area contributed by atoms with E-state index in [2.05, 4.69) is 0 Å². The Labute approximate surface area is 81.7 Å². The normalized spacial score (nSPS) is 11.8. The van der Waals surface area contributed by atoms with E-state index in [1.165, 1.54) is 0 Å². The van der Waals surface area contributed by atoms with E-state index >= 15 is 0 Å². The maximum Gasteiger partial charge on any atom is 0.127 e. The Hall–Kier alpha value is -1.24. The number of hydrogen-bond acceptors (Lipinski definition) is 3. The molecule has 0 saturated carbocycles. The van der Waals surface area contributed by atoms with Crippen LogP contribution in [0.1, 0.15) is 0 Å². The zero-order valence-corrected chi connectivity index (χ0v) is 7.66.